The Morgan fingerprint density at radius 3 is 2.38 bits per heavy atom. The fourth-order valence-corrected chi connectivity index (χ4v) is 1.63. The van der Waals surface area contributed by atoms with Crippen LogP contribution in [0.15, 0.2) is 30.3 Å². The molecule has 1 aromatic carbocycles. The number of benzene rings is 1. The highest BCUT2D eigenvalue weighted by Gasteiger charge is 2.20. The Labute approximate surface area is 95.1 Å². The number of aliphatic carboxylic acids is 1. The number of hydrogen-bond donors (Lipinski definition) is 1. The van der Waals surface area contributed by atoms with E-state index in [0.29, 0.717) is 12.0 Å². The van der Waals surface area contributed by atoms with Gasteiger partial charge in [-0.1, -0.05) is 43.7 Å². The quantitative estimate of drug-likeness (QED) is 0.750. The highest BCUT2D eigenvalue weighted by molar-refractivity contribution is 5.97. The van der Waals surface area contributed by atoms with Crippen molar-refractivity contribution in [2.45, 2.75) is 26.2 Å². The average Bonchev–Trinajstić information content (AvgIpc) is 2.29. The lowest BCUT2D eigenvalue weighted by molar-refractivity contribution is -0.141. The van der Waals surface area contributed by atoms with Gasteiger partial charge in [0.25, 0.3) is 0 Å². The average molecular weight is 220 g/mol. The summed E-state index contributed by atoms with van der Waals surface area (Å²) in [4.78, 5) is 22.7. The number of carboxylic acid groups (broad SMARTS) is 1. The molecule has 3 heteroatoms. The molecule has 0 aliphatic carbocycles. The van der Waals surface area contributed by atoms with Gasteiger partial charge >= 0.3 is 5.97 Å². The third kappa shape index (κ3) is 3.50. The van der Waals surface area contributed by atoms with Crippen molar-refractivity contribution >= 4 is 11.8 Å². The fraction of sp³-hybridized carbons (Fsp3) is 0.385. The summed E-state index contributed by atoms with van der Waals surface area (Å²) in [6, 6.07) is 8.82. The Bertz CT molecular complexity index is 357. The van der Waals surface area contributed by atoms with Gasteiger partial charge in [0.15, 0.2) is 5.78 Å². The molecule has 0 bridgehead atoms. The molecular formula is C13H16O3. The first-order valence-corrected chi connectivity index (χ1v) is 5.46. The summed E-state index contributed by atoms with van der Waals surface area (Å²) in [6.45, 7) is 1.92. The maximum Gasteiger partial charge on any atom is 0.306 e. The van der Waals surface area contributed by atoms with E-state index in [-0.39, 0.29) is 12.2 Å². The van der Waals surface area contributed by atoms with Crippen molar-refractivity contribution in [3.05, 3.63) is 35.9 Å². The molecule has 1 unspecified atom stereocenters. The van der Waals surface area contributed by atoms with E-state index in [2.05, 4.69) is 0 Å². The van der Waals surface area contributed by atoms with Crippen molar-refractivity contribution in [3.63, 3.8) is 0 Å². The molecule has 0 aliphatic heterocycles. The summed E-state index contributed by atoms with van der Waals surface area (Å²) in [5.41, 5.74) is 0.588. The Morgan fingerprint density at radius 2 is 1.88 bits per heavy atom. The van der Waals surface area contributed by atoms with Crippen molar-refractivity contribution in [2.24, 2.45) is 5.92 Å². The number of carbonyl (C=O) groups is 2. The summed E-state index contributed by atoms with van der Waals surface area (Å²) in [6.07, 6.45) is 1.42. The van der Waals surface area contributed by atoms with E-state index in [1.54, 1.807) is 24.3 Å². The van der Waals surface area contributed by atoms with E-state index in [4.69, 9.17) is 5.11 Å². The van der Waals surface area contributed by atoms with Gasteiger partial charge < -0.3 is 5.11 Å². The molecule has 0 aliphatic rings. The second-order valence-electron chi connectivity index (χ2n) is 3.82. The first-order valence-electron chi connectivity index (χ1n) is 5.46. The molecule has 1 rings (SSSR count). The third-order valence-corrected chi connectivity index (χ3v) is 2.51. The van der Waals surface area contributed by atoms with Gasteiger partial charge in [0.05, 0.1) is 5.92 Å². The highest BCUT2D eigenvalue weighted by atomic mass is 16.4. The standard InChI is InChI=1S/C13H16O3/c1-2-6-11(13(15)16)9-12(14)10-7-4-3-5-8-10/h3-5,7-8,11H,2,6,9H2,1H3,(H,15,16). The number of carboxylic acids is 1. The van der Waals surface area contributed by atoms with Gasteiger partial charge in [0.1, 0.15) is 0 Å². The van der Waals surface area contributed by atoms with E-state index < -0.39 is 11.9 Å². The summed E-state index contributed by atoms with van der Waals surface area (Å²) >= 11 is 0. The van der Waals surface area contributed by atoms with Crippen LogP contribution in [0.5, 0.6) is 0 Å². The van der Waals surface area contributed by atoms with E-state index in [1.807, 2.05) is 13.0 Å². The number of carbonyl (C=O) groups excluding carboxylic acids is 1. The van der Waals surface area contributed by atoms with E-state index in [0.717, 1.165) is 6.42 Å². The third-order valence-electron chi connectivity index (χ3n) is 2.51. The molecule has 0 heterocycles. The van der Waals surface area contributed by atoms with Gasteiger partial charge in [-0.25, -0.2) is 0 Å². The van der Waals surface area contributed by atoms with Crippen LogP contribution in [0.2, 0.25) is 0 Å². The minimum atomic E-state index is -0.883. The Balaban J connectivity index is 2.65. The Hall–Kier alpha value is -1.64. The highest BCUT2D eigenvalue weighted by Crippen LogP contribution is 2.15. The molecule has 16 heavy (non-hydrogen) atoms. The Morgan fingerprint density at radius 1 is 1.25 bits per heavy atom. The second kappa shape index (κ2) is 6.05. The van der Waals surface area contributed by atoms with Crippen molar-refractivity contribution in [1.29, 1.82) is 0 Å². The molecule has 3 nitrogen and oxygen atoms in total. The Kier molecular flexibility index (Phi) is 4.70. The van der Waals surface area contributed by atoms with E-state index >= 15 is 0 Å². The van der Waals surface area contributed by atoms with Crippen LogP contribution in [0.3, 0.4) is 0 Å². The summed E-state index contributed by atoms with van der Waals surface area (Å²) in [5.74, 6) is -1.54. The molecule has 86 valence electrons. The maximum atomic E-state index is 11.8. The molecule has 0 amide bonds. The molecule has 0 aromatic heterocycles. The van der Waals surface area contributed by atoms with Crippen LogP contribution < -0.4 is 0 Å². The van der Waals surface area contributed by atoms with Crippen molar-refractivity contribution in [2.75, 3.05) is 0 Å². The second-order valence-corrected chi connectivity index (χ2v) is 3.82. The lowest BCUT2D eigenvalue weighted by atomic mass is 9.94. The van der Waals surface area contributed by atoms with Gasteiger partial charge in [-0.05, 0) is 6.42 Å². The predicted octanol–water partition coefficient (Wildman–Crippen LogP) is 2.76. The zero-order valence-electron chi connectivity index (χ0n) is 9.35. The largest absolute Gasteiger partial charge is 0.481 e. The van der Waals surface area contributed by atoms with Gasteiger partial charge in [-0.2, -0.15) is 0 Å². The first-order chi connectivity index (χ1) is 7.65. The molecule has 0 spiro atoms. The van der Waals surface area contributed by atoms with Crippen LogP contribution in [0.25, 0.3) is 0 Å². The van der Waals surface area contributed by atoms with Crippen LogP contribution >= 0.6 is 0 Å². The molecule has 1 N–H and O–H groups in total. The normalized spacial score (nSPS) is 12.1. The molecule has 0 saturated heterocycles. The predicted molar refractivity (Wildman–Crippen MR) is 61.4 cm³/mol. The summed E-state index contributed by atoms with van der Waals surface area (Å²) in [5, 5.41) is 8.95. The topological polar surface area (TPSA) is 54.4 Å². The maximum absolute atomic E-state index is 11.8. The van der Waals surface area contributed by atoms with E-state index in [1.165, 1.54) is 0 Å². The van der Waals surface area contributed by atoms with Crippen molar-refractivity contribution in [1.82, 2.24) is 0 Å². The fourth-order valence-electron chi connectivity index (χ4n) is 1.63. The molecule has 1 atom stereocenters. The summed E-state index contributed by atoms with van der Waals surface area (Å²) in [7, 11) is 0. The van der Waals surface area contributed by atoms with Crippen molar-refractivity contribution < 1.29 is 14.7 Å². The van der Waals surface area contributed by atoms with Crippen LogP contribution in [-0.2, 0) is 4.79 Å². The van der Waals surface area contributed by atoms with Crippen LogP contribution in [0.4, 0.5) is 0 Å². The zero-order valence-corrected chi connectivity index (χ0v) is 9.35. The number of rotatable bonds is 6. The monoisotopic (exact) mass is 220 g/mol. The van der Waals surface area contributed by atoms with E-state index in [9.17, 15) is 9.59 Å². The zero-order chi connectivity index (χ0) is 12.0. The molecule has 0 saturated carbocycles. The smallest absolute Gasteiger partial charge is 0.306 e. The first kappa shape index (κ1) is 12.4. The van der Waals surface area contributed by atoms with Crippen LogP contribution in [-0.4, -0.2) is 16.9 Å². The molecule has 0 radical (unpaired) electrons. The lowest BCUT2D eigenvalue weighted by Crippen LogP contribution is -2.17. The number of Topliss-reactive ketones (excluding diaryl/α,β-unsaturated/α-hetero) is 1. The van der Waals surface area contributed by atoms with Crippen LogP contribution in [0, 0.1) is 5.92 Å². The van der Waals surface area contributed by atoms with Gasteiger partial charge in [0, 0.05) is 12.0 Å². The number of hydrogen-bond acceptors (Lipinski definition) is 2. The molecule has 1 aromatic rings. The van der Waals surface area contributed by atoms with Gasteiger partial charge in [-0.15, -0.1) is 0 Å². The van der Waals surface area contributed by atoms with Crippen LogP contribution in [0.1, 0.15) is 36.5 Å². The van der Waals surface area contributed by atoms with Gasteiger partial charge in [0.2, 0.25) is 0 Å². The minimum absolute atomic E-state index is 0.0905. The molecule has 0 fully saturated rings. The number of ketones is 1. The lowest BCUT2D eigenvalue weighted by Gasteiger charge is -2.09. The minimum Gasteiger partial charge on any atom is -0.481 e. The van der Waals surface area contributed by atoms with Crippen molar-refractivity contribution in [3.8, 4) is 0 Å². The molecular weight excluding hydrogens is 204 g/mol. The SMILES string of the molecule is CCCC(CC(=O)c1ccccc1)C(=O)O. The summed E-state index contributed by atoms with van der Waals surface area (Å²) < 4.78 is 0. The van der Waals surface area contributed by atoms with Gasteiger partial charge in [-0.3, -0.25) is 9.59 Å².